The van der Waals surface area contributed by atoms with Crippen molar-refractivity contribution in [3.8, 4) is 0 Å². The highest BCUT2D eigenvalue weighted by Crippen LogP contribution is 2.16. The first-order valence-electron chi connectivity index (χ1n) is 9.02. The predicted octanol–water partition coefficient (Wildman–Crippen LogP) is 1.26. The number of carbonyl (C=O) groups excluding carboxylic acids is 1. The molecule has 1 amide bonds. The van der Waals surface area contributed by atoms with E-state index in [0.29, 0.717) is 19.0 Å². The van der Waals surface area contributed by atoms with Crippen molar-refractivity contribution in [2.45, 2.75) is 51.5 Å². The zero-order valence-electron chi connectivity index (χ0n) is 14.4. The first kappa shape index (κ1) is 18.2. The van der Waals surface area contributed by atoms with Crippen LogP contribution in [0.25, 0.3) is 0 Å². The van der Waals surface area contributed by atoms with Crippen LogP contribution in [0.3, 0.4) is 0 Å². The second-order valence-corrected chi connectivity index (χ2v) is 6.85. The number of carboxylic acids is 1. The van der Waals surface area contributed by atoms with Crippen LogP contribution in [0.5, 0.6) is 0 Å². The summed E-state index contributed by atoms with van der Waals surface area (Å²) >= 11 is 0. The van der Waals surface area contributed by atoms with E-state index in [-0.39, 0.29) is 12.3 Å². The molecule has 0 saturated carbocycles. The lowest BCUT2D eigenvalue weighted by molar-refractivity contribution is -0.138. The van der Waals surface area contributed by atoms with E-state index in [2.05, 4.69) is 16.7 Å². The molecule has 2 saturated heterocycles. The minimum absolute atomic E-state index is 0.182. The third-order valence-electron chi connectivity index (χ3n) is 5.16. The lowest BCUT2D eigenvalue weighted by atomic mass is 10.1. The van der Waals surface area contributed by atoms with Gasteiger partial charge in [0.2, 0.25) is 5.91 Å². The van der Waals surface area contributed by atoms with Gasteiger partial charge in [-0.15, -0.1) is 0 Å². The lowest BCUT2D eigenvalue weighted by Crippen LogP contribution is -2.49. The fraction of sp³-hybridized carbons (Fsp3) is 0.882. The molecule has 132 valence electrons. The molecule has 2 fully saturated rings. The number of rotatable bonds is 7. The topological polar surface area (TPSA) is 64.1 Å². The molecule has 0 unspecified atom stereocenters. The summed E-state index contributed by atoms with van der Waals surface area (Å²) in [5, 5.41) is 8.72. The molecule has 2 heterocycles. The minimum atomic E-state index is -0.754. The fourth-order valence-electron chi connectivity index (χ4n) is 3.51. The summed E-state index contributed by atoms with van der Waals surface area (Å²) in [4.78, 5) is 29.5. The summed E-state index contributed by atoms with van der Waals surface area (Å²) < 4.78 is 0. The van der Waals surface area contributed by atoms with Gasteiger partial charge in [-0.2, -0.15) is 0 Å². The molecule has 1 N–H and O–H groups in total. The van der Waals surface area contributed by atoms with Crippen LogP contribution in [0.15, 0.2) is 0 Å². The van der Waals surface area contributed by atoms with Crippen LogP contribution in [0.1, 0.15) is 45.4 Å². The fourth-order valence-corrected chi connectivity index (χ4v) is 3.51. The van der Waals surface area contributed by atoms with Crippen LogP contribution in [0, 0.1) is 0 Å². The average Bonchev–Trinajstić information content (AvgIpc) is 2.58. The minimum Gasteiger partial charge on any atom is -0.481 e. The molecule has 0 bridgehead atoms. The van der Waals surface area contributed by atoms with Crippen molar-refractivity contribution in [1.82, 2.24) is 14.7 Å². The molecule has 2 rings (SSSR count). The molecule has 0 radical (unpaired) electrons. The third-order valence-corrected chi connectivity index (χ3v) is 5.16. The van der Waals surface area contributed by atoms with Gasteiger partial charge in [-0.3, -0.25) is 14.5 Å². The highest BCUT2D eigenvalue weighted by atomic mass is 16.4. The lowest BCUT2D eigenvalue weighted by Gasteiger charge is -2.35. The first-order valence-corrected chi connectivity index (χ1v) is 9.02. The zero-order valence-corrected chi connectivity index (χ0v) is 14.4. The van der Waals surface area contributed by atoms with Gasteiger partial charge in [0.1, 0.15) is 0 Å². The third kappa shape index (κ3) is 6.11. The maximum absolute atomic E-state index is 12.4. The number of aliphatic carboxylic acids is 1. The highest BCUT2D eigenvalue weighted by molar-refractivity contribution is 5.76. The molecule has 6 heteroatoms. The number of carbonyl (C=O) groups is 2. The van der Waals surface area contributed by atoms with Gasteiger partial charge in [-0.25, -0.2) is 0 Å². The smallest absolute Gasteiger partial charge is 0.304 e. The number of likely N-dealkylation sites (tertiary alicyclic amines) is 1. The Kier molecular flexibility index (Phi) is 7.30. The molecule has 2 aliphatic rings. The van der Waals surface area contributed by atoms with Crippen molar-refractivity contribution < 1.29 is 14.7 Å². The normalized spacial score (nSPS) is 22.0. The van der Waals surface area contributed by atoms with E-state index in [4.69, 9.17) is 5.11 Å². The van der Waals surface area contributed by atoms with Gasteiger partial charge in [-0.1, -0.05) is 6.42 Å². The van der Waals surface area contributed by atoms with Crippen LogP contribution in [0.2, 0.25) is 0 Å². The van der Waals surface area contributed by atoms with Crippen LogP contribution >= 0.6 is 0 Å². The van der Waals surface area contributed by atoms with Crippen molar-refractivity contribution in [2.24, 2.45) is 0 Å². The Morgan fingerprint density at radius 1 is 0.957 bits per heavy atom. The van der Waals surface area contributed by atoms with Crippen molar-refractivity contribution in [3.63, 3.8) is 0 Å². The van der Waals surface area contributed by atoms with Gasteiger partial charge in [0, 0.05) is 45.2 Å². The quantitative estimate of drug-likeness (QED) is 0.763. The second-order valence-electron chi connectivity index (χ2n) is 6.85. The SMILES string of the molecule is C[C@@H](CCC(=O)N1CCN(CCC(=O)O)CC1)N1CCCCC1. The monoisotopic (exact) mass is 325 g/mol. The number of carboxylic acid groups (broad SMARTS) is 1. The van der Waals surface area contributed by atoms with Gasteiger partial charge >= 0.3 is 5.97 Å². The molecule has 0 aromatic heterocycles. The summed E-state index contributed by atoms with van der Waals surface area (Å²) in [5.74, 6) is -0.498. The summed E-state index contributed by atoms with van der Waals surface area (Å²) in [6.45, 7) is 8.23. The van der Waals surface area contributed by atoms with E-state index in [0.717, 1.165) is 32.6 Å². The summed E-state index contributed by atoms with van der Waals surface area (Å²) in [7, 11) is 0. The number of hydrogen-bond donors (Lipinski definition) is 1. The van der Waals surface area contributed by atoms with Crippen molar-refractivity contribution in [2.75, 3.05) is 45.8 Å². The standard InChI is InChI=1S/C17H31N3O3/c1-15(19-8-3-2-4-9-19)5-6-16(21)20-13-11-18(12-14-20)10-7-17(22)23/h15H,2-14H2,1H3,(H,22,23)/t15-/m0/s1. The molecule has 6 nitrogen and oxygen atoms in total. The van der Waals surface area contributed by atoms with Gasteiger partial charge in [0.05, 0.1) is 6.42 Å². The Labute approximate surface area is 139 Å². The Hall–Kier alpha value is -1.14. The predicted molar refractivity (Wildman–Crippen MR) is 89.4 cm³/mol. The highest BCUT2D eigenvalue weighted by Gasteiger charge is 2.23. The molecule has 1 atom stereocenters. The molecule has 0 aromatic carbocycles. The molecule has 23 heavy (non-hydrogen) atoms. The largest absolute Gasteiger partial charge is 0.481 e. The molecule has 2 aliphatic heterocycles. The van der Waals surface area contributed by atoms with Crippen LogP contribution in [-0.4, -0.2) is 83.5 Å². The van der Waals surface area contributed by atoms with E-state index < -0.39 is 5.97 Å². The zero-order chi connectivity index (χ0) is 16.7. The van der Waals surface area contributed by atoms with Crippen LogP contribution < -0.4 is 0 Å². The van der Waals surface area contributed by atoms with Crippen LogP contribution in [-0.2, 0) is 9.59 Å². The maximum Gasteiger partial charge on any atom is 0.304 e. The number of piperazine rings is 1. The average molecular weight is 325 g/mol. The summed E-state index contributed by atoms with van der Waals surface area (Å²) in [6, 6.07) is 0.496. The number of nitrogens with zero attached hydrogens (tertiary/aromatic N) is 3. The van der Waals surface area contributed by atoms with Gasteiger partial charge in [-0.05, 0) is 39.3 Å². The second kappa shape index (κ2) is 9.23. The van der Waals surface area contributed by atoms with E-state index in [1.54, 1.807) is 0 Å². The van der Waals surface area contributed by atoms with E-state index in [9.17, 15) is 9.59 Å². The first-order chi connectivity index (χ1) is 11.1. The van der Waals surface area contributed by atoms with Crippen molar-refractivity contribution in [3.05, 3.63) is 0 Å². The van der Waals surface area contributed by atoms with E-state index >= 15 is 0 Å². The summed E-state index contributed by atoms with van der Waals surface area (Å²) in [5.41, 5.74) is 0. The van der Waals surface area contributed by atoms with Crippen molar-refractivity contribution >= 4 is 11.9 Å². The molecule has 0 aliphatic carbocycles. The van der Waals surface area contributed by atoms with E-state index in [1.165, 1.54) is 32.4 Å². The summed E-state index contributed by atoms with van der Waals surface area (Å²) in [6.07, 6.45) is 5.67. The molecular weight excluding hydrogens is 294 g/mol. The molecule has 0 spiro atoms. The van der Waals surface area contributed by atoms with E-state index in [1.807, 2.05) is 4.90 Å². The Balaban J connectivity index is 1.63. The van der Waals surface area contributed by atoms with Gasteiger partial charge < -0.3 is 14.9 Å². The van der Waals surface area contributed by atoms with Gasteiger partial charge in [0.15, 0.2) is 0 Å². The Morgan fingerprint density at radius 3 is 2.22 bits per heavy atom. The Morgan fingerprint density at radius 2 is 1.61 bits per heavy atom. The Bertz CT molecular complexity index is 389. The maximum atomic E-state index is 12.4. The van der Waals surface area contributed by atoms with Gasteiger partial charge in [0.25, 0.3) is 0 Å². The molecule has 0 aromatic rings. The molecular formula is C17H31N3O3. The number of hydrogen-bond acceptors (Lipinski definition) is 4. The number of piperidine rings is 1. The number of amides is 1. The van der Waals surface area contributed by atoms with Crippen molar-refractivity contribution in [1.29, 1.82) is 0 Å². The van der Waals surface area contributed by atoms with Crippen LogP contribution in [0.4, 0.5) is 0 Å².